The fourth-order valence-electron chi connectivity index (χ4n) is 3.17. The molecule has 4 rings (SSSR count). The molecule has 34 heavy (non-hydrogen) atoms. The molecule has 0 bridgehead atoms. The van der Waals surface area contributed by atoms with Crippen LogP contribution in [-0.2, 0) is 0 Å². The predicted octanol–water partition coefficient (Wildman–Crippen LogP) is 5.05. The first-order valence-electron chi connectivity index (χ1n) is 10.1. The average Bonchev–Trinajstić information content (AvgIpc) is 3.35. The summed E-state index contributed by atoms with van der Waals surface area (Å²) in [5, 5.41) is 20.9. The van der Waals surface area contributed by atoms with E-state index in [1.54, 1.807) is 56.7 Å². The zero-order valence-corrected chi connectivity index (χ0v) is 18.3. The van der Waals surface area contributed by atoms with Gasteiger partial charge in [-0.25, -0.2) is 0 Å². The summed E-state index contributed by atoms with van der Waals surface area (Å²) in [4.78, 5) is 23.6. The van der Waals surface area contributed by atoms with Crippen molar-refractivity contribution in [1.29, 1.82) is 0 Å². The number of nitrogens with one attached hydrogen (secondary N) is 2. The lowest BCUT2D eigenvalue weighted by Crippen LogP contribution is -2.12. The predicted molar refractivity (Wildman–Crippen MR) is 125 cm³/mol. The van der Waals surface area contributed by atoms with Gasteiger partial charge in [-0.1, -0.05) is 12.1 Å². The minimum absolute atomic E-state index is 0.182. The smallest absolute Gasteiger partial charge is 0.275 e. The van der Waals surface area contributed by atoms with Gasteiger partial charge in [0.1, 0.15) is 28.7 Å². The van der Waals surface area contributed by atoms with Gasteiger partial charge < -0.3 is 19.5 Å². The highest BCUT2D eigenvalue weighted by molar-refractivity contribution is 6.03. The van der Waals surface area contributed by atoms with Gasteiger partial charge in [-0.3, -0.25) is 20.0 Å². The Morgan fingerprint density at radius 1 is 0.912 bits per heavy atom. The Bertz CT molecular complexity index is 1330. The molecule has 0 fully saturated rings. The number of nitrogens with zero attached hydrogens (tertiary/aromatic N) is 2. The lowest BCUT2D eigenvalue weighted by molar-refractivity contribution is -0.384. The highest BCUT2D eigenvalue weighted by Crippen LogP contribution is 2.31. The molecule has 0 atom stereocenters. The molecular weight excluding hydrogens is 440 g/mol. The molecule has 4 aromatic rings. The number of nitro benzene ring substituents is 1. The normalized spacial score (nSPS) is 10.4. The van der Waals surface area contributed by atoms with E-state index in [4.69, 9.17) is 14.2 Å². The molecule has 10 heteroatoms. The van der Waals surface area contributed by atoms with Crippen LogP contribution in [0.5, 0.6) is 23.0 Å². The zero-order chi connectivity index (χ0) is 24.1. The van der Waals surface area contributed by atoms with Gasteiger partial charge in [0.05, 0.1) is 36.6 Å². The number of benzene rings is 3. The first-order chi connectivity index (χ1) is 16.4. The number of hydrogen-bond donors (Lipinski definition) is 2. The second kappa shape index (κ2) is 9.74. The Kier molecular flexibility index (Phi) is 6.40. The number of ether oxygens (including phenoxy) is 3. The molecule has 2 N–H and O–H groups in total. The van der Waals surface area contributed by atoms with Crippen molar-refractivity contribution in [3.8, 4) is 34.3 Å². The number of carbonyl (C=O) groups is 1. The molecule has 0 saturated heterocycles. The number of carbonyl (C=O) groups excluding carboxylic acids is 1. The zero-order valence-electron chi connectivity index (χ0n) is 18.3. The summed E-state index contributed by atoms with van der Waals surface area (Å²) < 4.78 is 16.1. The fraction of sp³-hybridized carbons (Fsp3) is 0.0833. The second-order valence-electron chi connectivity index (χ2n) is 7.10. The third-order valence-electron chi connectivity index (χ3n) is 4.84. The SMILES string of the molecule is COc1ccc(Oc2cc(NC(=O)c3cc(-c4cccc(OC)c4)n[nH]3)cc([N+](=O)[O-])c2)cc1. The monoisotopic (exact) mass is 460 g/mol. The lowest BCUT2D eigenvalue weighted by Gasteiger charge is -2.09. The van der Waals surface area contributed by atoms with Crippen LogP contribution >= 0.6 is 0 Å². The van der Waals surface area contributed by atoms with Crippen molar-refractivity contribution in [2.75, 3.05) is 19.5 Å². The maximum absolute atomic E-state index is 12.8. The number of hydrogen-bond acceptors (Lipinski definition) is 7. The van der Waals surface area contributed by atoms with Crippen molar-refractivity contribution in [3.63, 3.8) is 0 Å². The van der Waals surface area contributed by atoms with Crippen LogP contribution < -0.4 is 19.5 Å². The minimum atomic E-state index is -0.562. The van der Waals surface area contributed by atoms with Crippen molar-refractivity contribution >= 4 is 17.3 Å². The molecule has 3 aromatic carbocycles. The van der Waals surface area contributed by atoms with E-state index in [-0.39, 0.29) is 22.8 Å². The molecule has 1 aromatic heterocycles. The van der Waals surface area contributed by atoms with E-state index in [0.717, 1.165) is 5.56 Å². The van der Waals surface area contributed by atoms with Gasteiger partial charge in [0.15, 0.2) is 0 Å². The van der Waals surface area contributed by atoms with Crippen LogP contribution in [0, 0.1) is 10.1 Å². The van der Waals surface area contributed by atoms with Crippen LogP contribution in [0.4, 0.5) is 11.4 Å². The topological polar surface area (TPSA) is 129 Å². The average molecular weight is 460 g/mol. The summed E-state index contributed by atoms with van der Waals surface area (Å²) in [5.74, 6) is 1.43. The molecule has 0 aliphatic heterocycles. The van der Waals surface area contributed by atoms with Crippen LogP contribution in [-0.4, -0.2) is 35.2 Å². The third-order valence-corrected chi connectivity index (χ3v) is 4.84. The van der Waals surface area contributed by atoms with Crippen molar-refractivity contribution in [2.24, 2.45) is 0 Å². The highest BCUT2D eigenvalue weighted by atomic mass is 16.6. The van der Waals surface area contributed by atoms with Crippen LogP contribution in [0.1, 0.15) is 10.5 Å². The number of aromatic amines is 1. The van der Waals surface area contributed by atoms with Crippen LogP contribution in [0.15, 0.2) is 72.8 Å². The molecule has 0 spiro atoms. The van der Waals surface area contributed by atoms with Gasteiger partial charge in [-0.15, -0.1) is 0 Å². The van der Waals surface area contributed by atoms with E-state index in [0.29, 0.717) is 22.9 Å². The number of anilines is 1. The van der Waals surface area contributed by atoms with Crippen molar-refractivity contribution < 1.29 is 23.9 Å². The summed E-state index contributed by atoms with van der Waals surface area (Å²) in [7, 11) is 3.11. The Morgan fingerprint density at radius 2 is 1.65 bits per heavy atom. The van der Waals surface area contributed by atoms with E-state index in [9.17, 15) is 14.9 Å². The number of methoxy groups -OCH3 is 2. The third kappa shape index (κ3) is 5.13. The first-order valence-corrected chi connectivity index (χ1v) is 10.1. The summed E-state index contributed by atoms with van der Waals surface area (Å²) in [5.41, 5.74) is 1.46. The number of nitro groups is 1. The number of non-ortho nitro benzene ring substituents is 1. The highest BCUT2D eigenvalue weighted by Gasteiger charge is 2.16. The van der Waals surface area contributed by atoms with Crippen molar-refractivity contribution in [1.82, 2.24) is 10.2 Å². The molecule has 0 aliphatic carbocycles. The fourth-order valence-corrected chi connectivity index (χ4v) is 3.17. The van der Waals surface area contributed by atoms with E-state index in [1.165, 1.54) is 18.2 Å². The van der Waals surface area contributed by atoms with Gasteiger partial charge >= 0.3 is 0 Å². The molecule has 1 amide bonds. The maximum Gasteiger partial charge on any atom is 0.275 e. The standard InChI is InChI=1S/C24H20N4O6/c1-32-18-6-8-19(9-7-18)34-21-12-16(11-17(13-21)28(30)31)25-24(29)23-14-22(26-27-23)15-4-3-5-20(10-15)33-2/h3-14H,1-2H3,(H,25,29)(H,26,27). The summed E-state index contributed by atoms with van der Waals surface area (Å²) in [6, 6.07) is 19.6. The summed E-state index contributed by atoms with van der Waals surface area (Å²) in [6.07, 6.45) is 0. The van der Waals surface area contributed by atoms with Gasteiger partial charge in [-0.2, -0.15) is 5.10 Å². The van der Waals surface area contributed by atoms with E-state index in [2.05, 4.69) is 15.5 Å². The lowest BCUT2D eigenvalue weighted by atomic mass is 10.1. The van der Waals surface area contributed by atoms with Crippen molar-refractivity contribution in [2.45, 2.75) is 0 Å². The maximum atomic E-state index is 12.8. The van der Waals surface area contributed by atoms with Gasteiger partial charge in [0, 0.05) is 17.7 Å². The summed E-state index contributed by atoms with van der Waals surface area (Å²) in [6.45, 7) is 0. The van der Waals surface area contributed by atoms with Crippen LogP contribution in [0.3, 0.4) is 0 Å². The molecule has 0 radical (unpaired) electrons. The van der Waals surface area contributed by atoms with Crippen LogP contribution in [0.25, 0.3) is 11.3 Å². The van der Waals surface area contributed by atoms with E-state index in [1.807, 2.05) is 12.1 Å². The molecule has 10 nitrogen and oxygen atoms in total. The van der Waals surface area contributed by atoms with Crippen LogP contribution in [0.2, 0.25) is 0 Å². The Labute approximate surface area is 194 Å². The van der Waals surface area contributed by atoms with Gasteiger partial charge in [-0.05, 0) is 42.5 Å². The molecule has 0 unspecified atom stereocenters. The first kappa shape index (κ1) is 22.3. The van der Waals surface area contributed by atoms with Gasteiger partial charge in [0.25, 0.3) is 11.6 Å². The largest absolute Gasteiger partial charge is 0.497 e. The van der Waals surface area contributed by atoms with Crippen molar-refractivity contribution in [3.05, 3.63) is 88.6 Å². The van der Waals surface area contributed by atoms with E-state index >= 15 is 0 Å². The number of rotatable bonds is 8. The van der Waals surface area contributed by atoms with Gasteiger partial charge in [0.2, 0.25) is 0 Å². The number of aromatic nitrogens is 2. The molecule has 1 heterocycles. The Hall–Kier alpha value is -4.86. The molecule has 0 saturated carbocycles. The number of H-pyrrole nitrogens is 1. The second-order valence-corrected chi connectivity index (χ2v) is 7.10. The summed E-state index contributed by atoms with van der Waals surface area (Å²) >= 11 is 0. The molecule has 172 valence electrons. The molecular formula is C24H20N4O6. The Balaban J connectivity index is 1.55. The minimum Gasteiger partial charge on any atom is -0.497 e. The Morgan fingerprint density at radius 3 is 2.35 bits per heavy atom. The van der Waals surface area contributed by atoms with E-state index < -0.39 is 10.8 Å². The molecule has 0 aliphatic rings. The number of amides is 1. The quantitative estimate of drug-likeness (QED) is 0.278.